The molecule has 2 heterocycles. The largest absolute Gasteiger partial charge is 0.488 e. The van der Waals surface area contributed by atoms with Crippen molar-refractivity contribution in [2.75, 3.05) is 0 Å². The summed E-state index contributed by atoms with van der Waals surface area (Å²) in [7, 11) is -1.34. The fourth-order valence-electron chi connectivity index (χ4n) is 3.26. The molecule has 6 aromatic rings. The number of aromatic nitrogens is 4. The normalized spacial score (nSPS) is 10.1. The van der Waals surface area contributed by atoms with Crippen LogP contribution in [0.5, 0.6) is 0 Å². The van der Waals surface area contributed by atoms with Crippen LogP contribution in [0.15, 0.2) is 122 Å². The first-order valence-electron chi connectivity index (χ1n) is 10.5. The molecule has 0 bridgehead atoms. The van der Waals surface area contributed by atoms with Crippen molar-refractivity contribution in [2.24, 2.45) is 0 Å². The second-order valence-electron chi connectivity index (χ2n) is 7.14. The fraction of sp³-hybridized carbons (Fsp3) is 0. The highest BCUT2D eigenvalue weighted by molar-refractivity contribution is 6.58. The lowest BCUT2D eigenvalue weighted by molar-refractivity contribution is 0.426. The number of fused-ring (bicyclic) bond motifs is 2. The molecule has 6 nitrogen and oxygen atoms in total. The molecule has 0 saturated heterocycles. The van der Waals surface area contributed by atoms with Crippen molar-refractivity contribution in [3.8, 4) is 5.69 Å². The van der Waals surface area contributed by atoms with Crippen LogP contribution >= 0.6 is 0 Å². The predicted molar refractivity (Wildman–Crippen MR) is 133 cm³/mol. The molecule has 0 amide bonds. The lowest BCUT2D eigenvalue weighted by Crippen LogP contribution is -2.29. The summed E-state index contributed by atoms with van der Waals surface area (Å²) in [5.74, 6) is 0. The molecule has 0 aliphatic carbocycles. The van der Waals surface area contributed by atoms with E-state index in [0.29, 0.717) is 5.46 Å². The molecule has 0 radical (unpaired) electrons. The van der Waals surface area contributed by atoms with Gasteiger partial charge in [0.2, 0.25) is 0 Å². The van der Waals surface area contributed by atoms with Gasteiger partial charge in [0.25, 0.3) is 0 Å². The van der Waals surface area contributed by atoms with Crippen LogP contribution in [0.25, 0.3) is 27.8 Å². The molecule has 0 spiro atoms. The number of rotatable bonds is 2. The molecule has 3 N–H and O–H groups in total. The Morgan fingerprint density at radius 1 is 0.636 bits per heavy atom. The van der Waals surface area contributed by atoms with Crippen molar-refractivity contribution in [1.82, 2.24) is 19.5 Å². The summed E-state index contributed by atoms with van der Waals surface area (Å²) in [5.41, 5.74) is 5.96. The van der Waals surface area contributed by atoms with Gasteiger partial charge in [0.05, 0.1) is 28.4 Å². The Kier molecular flexibility index (Phi) is 7.27. The topological polar surface area (TPSA) is 87.0 Å². The highest BCUT2D eigenvalue weighted by Gasteiger charge is 2.07. The monoisotopic (exact) mass is 434 g/mol. The molecule has 0 aliphatic rings. The number of hydrogen-bond acceptors (Lipinski definition) is 4. The number of hydrogen-bond donors (Lipinski definition) is 3. The SMILES string of the molecule is OB(O)c1ccccc1.c1ccc(-n2cnc3ccccc32)cc1.c1ccc2[nH]cnc2c1. The maximum absolute atomic E-state index is 8.58. The van der Waals surface area contributed by atoms with Gasteiger partial charge in [0.1, 0.15) is 6.33 Å². The zero-order valence-electron chi connectivity index (χ0n) is 17.9. The van der Waals surface area contributed by atoms with Crippen LogP contribution in [-0.4, -0.2) is 36.7 Å². The van der Waals surface area contributed by atoms with E-state index in [-0.39, 0.29) is 0 Å². The molecule has 0 atom stereocenters. The molecule has 4 aromatic carbocycles. The van der Waals surface area contributed by atoms with E-state index in [1.807, 2.05) is 73.1 Å². The van der Waals surface area contributed by atoms with Crippen LogP contribution in [0.4, 0.5) is 0 Å². The highest BCUT2D eigenvalue weighted by Crippen LogP contribution is 2.17. The van der Waals surface area contributed by atoms with E-state index in [9.17, 15) is 0 Å². The number of para-hydroxylation sites is 5. The fourth-order valence-corrected chi connectivity index (χ4v) is 3.26. The van der Waals surface area contributed by atoms with Crippen molar-refractivity contribution in [3.63, 3.8) is 0 Å². The van der Waals surface area contributed by atoms with E-state index in [0.717, 1.165) is 27.8 Å². The summed E-state index contributed by atoms with van der Waals surface area (Å²) in [5, 5.41) is 17.2. The van der Waals surface area contributed by atoms with Crippen molar-refractivity contribution < 1.29 is 10.0 Å². The smallest absolute Gasteiger partial charge is 0.423 e. The maximum atomic E-state index is 8.58. The van der Waals surface area contributed by atoms with E-state index in [1.54, 1.807) is 30.6 Å². The van der Waals surface area contributed by atoms with Crippen LogP contribution in [-0.2, 0) is 0 Å². The van der Waals surface area contributed by atoms with Gasteiger partial charge in [-0.05, 0) is 41.9 Å². The quantitative estimate of drug-likeness (QED) is 0.360. The number of imidazole rings is 2. The number of H-pyrrole nitrogens is 1. The second-order valence-corrected chi connectivity index (χ2v) is 7.14. The minimum Gasteiger partial charge on any atom is -0.423 e. The Morgan fingerprint density at radius 2 is 1.24 bits per heavy atom. The van der Waals surface area contributed by atoms with Gasteiger partial charge < -0.3 is 15.0 Å². The Bertz CT molecular complexity index is 1370. The third-order valence-electron chi connectivity index (χ3n) is 4.91. The van der Waals surface area contributed by atoms with Crippen molar-refractivity contribution in [2.45, 2.75) is 0 Å². The number of aromatic amines is 1. The summed E-state index contributed by atoms with van der Waals surface area (Å²) in [6.45, 7) is 0. The average Bonchev–Trinajstić information content (AvgIpc) is 3.53. The minimum absolute atomic E-state index is 0.525. The molecular weight excluding hydrogens is 411 g/mol. The molecule has 33 heavy (non-hydrogen) atoms. The number of nitrogens with zero attached hydrogens (tertiary/aromatic N) is 3. The number of nitrogens with one attached hydrogen (secondary N) is 1. The van der Waals surface area contributed by atoms with Gasteiger partial charge in [-0.25, -0.2) is 9.97 Å². The van der Waals surface area contributed by atoms with E-state index >= 15 is 0 Å². The maximum Gasteiger partial charge on any atom is 0.488 e. The van der Waals surface area contributed by atoms with Crippen LogP contribution in [0.2, 0.25) is 0 Å². The second kappa shape index (κ2) is 10.9. The summed E-state index contributed by atoms with van der Waals surface area (Å²) < 4.78 is 2.09. The van der Waals surface area contributed by atoms with Crippen LogP contribution < -0.4 is 5.46 Å². The van der Waals surface area contributed by atoms with Crippen molar-refractivity contribution >= 4 is 34.6 Å². The zero-order chi connectivity index (χ0) is 22.9. The Balaban J connectivity index is 0.000000125. The zero-order valence-corrected chi connectivity index (χ0v) is 17.9. The number of benzene rings is 4. The summed E-state index contributed by atoms with van der Waals surface area (Å²) in [6, 6.07) is 35.0. The lowest BCUT2D eigenvalue weighted by Gasteiger charge is -2.02. The molecule has 6 rings (SSSR count). The molecule has 7 heteroatoms. The molecular formula is C26H23BN4O2. The standard InChI is InChI=1S/C13H10N2.C7H6N2.C6H7BO2/c1-2-6-11(7-3-1)15-10-14-12-8-4-5-9-13(12)15;1-2-4-7-6(3-1)8-5-9-7;8-7(9)6-4-2-1-3-5-6/h1-10H;1-5H,(H,8,9);1-5,8-9H. The molecule has 0 saturated carbocycles. The van der Waals surface area contributed by atoms with Gasteiger partial charge in [-0.1, -0.05) is 72.8 Å². The third kappa shape index (κ3) is 5.74. The van der Waals surface area contributed by atoms with Gasteiger partial charge in [-0.2, -0.15) is 0 Å². The van der Waals surface area contributed by atoms with Crippen LogP contribution in [0.1, 0.15) is 0 Å². The van der Waals surface area contributed by atoms with E-state index in [2.05, 4.69) is 37.7 Å². The minimum atomic E-state index is -1.34. The van der Waals surface area contributed by atoms with Gasteiger partial charge in [-0.3, -0.25) is 4.57 Å². The average molecular weight is 434 g/mol. The van der Waals surface area contributed by atoms with Gasteiger partial charge >= 0.3 is 7.12 Å². The Labute approximate surface area is 192 Å². The molecule has 162 valence electrons. The first-order valence-corrected chi connectivity index (χ1v) is 10.5. The molecule has 2 aromatic heterocycles. The summed E-state index contributed by atoms with van der Waals surface area (Å²) >= 11 is 0. The first kappa shape index (κ1) is 22.0. The van der Waals surface area contributed by atoms with Crippen LogP contribution in [0, 0.1) is 0 Å². The molecule has 0 aliphatic heterocycles. The van der Waals surface area contributed by atoms with E-state index in [1.165, 1.54) is 0 Å². The summed E-state index contributed by atoms with van der Waals surface area (Å²) in [6.07, 6.45) is 3.56. The van der Waals surface area contributed by atoms with Crippen LogP contribution in [0.3, 0.4) is 0 Å². The van der Waals surface area contributed by atoms with Crippen molar-refractivity contribution in [1.29, 1.82) is 0 Å². The predicted octanol–water partition coefficient (Wildman–Crippen LogP) is 3.95. The van der Waals surface area contributed by atoms with Gasteiger partial charge in [-0.15, -0.1) is 0 Å². The van der Waals surface area contributed by atoms with Gasteiger partial charge in [0.15, 0.2) is 0 Å². The highest BCUT2D eigenvalue weighted by atomic mass is 16.4. The van der Waals surface area contributed by atoms with Gasteiger partial charge in [0, 0.05) is 5.69 Å². The Morgan fingerprint density at radius 3 is 1.91 bits per heavy atom. The van der Waals surface area contributed by atoms with E-state index < -0.39 is 7.12 Å². The van der Waals surface area contributed by atoms with Crippen molar-refractivity contribution in [3.05, 3.63) is 122 Å². The third-order valence-corrected chi connectivity index (χ3v) is 4.91. The first-order chi connectivity index (χ1) is 16.2. The molecule has 0 fully saturated rings. The molecule has 0 unspecified atom stereocenters. The Hall–Kier alpha value is -4.20. The summed E-state index contributed by atoms with van der Waals surface area (Å²) in [4.78, 5) is 11.4. The van der Waals surface area contributed by atoms with E-state index in [4.69, 9.17) is 10.0 Å². The lowest BCUT2D eigenvalue weighted by atomic mass is 9.81.